The Balaban J connectivity index is 2.13. The molecule has 2 heterocycles. The van der Waals surface area contributed by atoms with Gasteiger partial charge in [-0.15, -0.1) is 5.10 Å². The molecular formula is C11H17N3O2. The van der Waals surface area contributed by atoms with E-state index in [-0.39, 0.29) is 11.9 Å². The predicted octanol–water partition coefficient (Wildman–Crippen LogP) is 0.966. The van der Waals surface area contributed by atoms with Crippen molar-refractivity contribution in [3.63, 3.8) is 0 Å². The molecule has 2 rings (SSSR count). The van der Waals surface area contributed by atoms with E-state index in [0.717, 1.165) is 37.9 Å². The van der Waals surface area contributed by atoms with Crippen LogP contribution in [0.15, 0.2) is 0 Å². The number of ether oxygens (including phenoxy) is 1. The number of esters is 1. The maximum Gasteiger partial charge on any atom is 0.308 e. The molecule has 5 nitrogen and oxygen atoms in total. The van der Waals surface area contributed by atoms with Crippen LogP contribution in [0, 0.1) is 5.92 Å². The smallest absolute Gasteiger partial charge is 0.308 e. The number of methoxy groups -OCH3 is 1. The van der Waals surface area contributed by atoms with E-state index in [1.807, 2.05) is 4.68 Å². The van der Waals surface area contributed by atoms with Crippen LogP contribution >= 0.6 is 0 Å². The molecule has 0 aliphatic carbocycles. The second-order valence-electron chi connectivity index (χ2n) is 4.11. The molecule has 1 atom stereocenters. The van der Waals surface area contributed by atoms with Crippen molar-refractivity contribution in [3.05, 3.63) is 11.4 Å². The van der Waals surface area contributed by atoms with Gasteiger partial charge >= 0.3 is 5.97 Å². The molecule has 0 radical (unpaired) electrons. The topological polar surface area (TPSA) is 57.0 Å². The SMILES string of the molecule is CCc1nnn2c1CC[C@@H](C(=O)OC)CC2. The van der Waals surface area contributed by atoms with Crippen molar-refractivity contribution in [2.75, 3.05) is 7.11 Å². The molecule has 0 fully saturated rings. The summed E-state index contributed by atoms with van der Waals surface area (Å²) in [6.07, 6.45) is 3.41. The van der Waals surface area contributed by atoms with Gasteiger partial charge in [0.15, 0.2) is 0 Å². The molecule has 1 aliphatic heterocycles. The second kappa shape index (κ2) is 4.63. The number of hydrogen-bond donors (Lipinski definition) is 0. The normalized spacial score (nSPS) is 20.0. The third kappa shape index (κ3) is 1.94. The molecule has 1 aliphatic rings. The fourth-order valence-corrected chi connectivity index (χ4v) is 2.23. The Labute approximate surface area is 94.8 Å². The highest BCUT2D eigenvalue weighted by Gasteiger charge is 2.25. The number of aryl methyl sites for hydroxylation is 2. The number of aromatic nitrogens is 3. The van der Waals surface area contributed by atoms with Gasteiger partial charge in [0.05, 0.1) is 24.4 Å². The van der Waals surface area contributed by atoms with Crippen LogP contribution in [0.5, 0.6) is 0 Å². The summed E-state index contributed by atoms with van der Waals surface area (Å²) in [5, 5.41) is 8.27. The molecule has 88 valence electrons. The van der Waals surface area contributed by atoms with Crippen LogP contribution in [-0.2, 0) is 28.9 Å². The van der Waals surface area contributed by atoms with Gasteiger partial charge in [-0.05, 0) is 25.7 Å². The summed E-state index contributed by atoms with van der Waals surface area (Å²) >= 11 is 0. The van der Waals surface area contributed by atoms with Gasteiger partial charge in [-0.2, -0.15) is 0 Å². The number of carbonyl (C=O) groups is 1. The summed E-state index contributed by atoms with van der Waals surface area (Å²) in [6, 6.07) is 0. The van der Waals surface area contributed by atoms with Crippen molar-refractivity contribution in [3.8, 4) is 0 Å². The van der Waals surface area contributed by atoms with Crippen molar-refractivity contribution < 1.29 is 9.53 Å². The average Bonchev–Trinajstić information content (AvgIpc) is 2.59. The van der Waals surface area contributed by atoms with E-state index in [1.54, 1.807) is 0 Å². The van der Waals surface area contributed by atoms with Gasteiger partial charge < -0.3 is 4.74 Å². The molecule has 16 heavy (non-hydrogen) atoms. The number of carbonyl (C=O) groups excluding carboxylic acids is 1. The fraction of sp³-hybridized carbons (Fsp3) is 0.727. The second-order valence-corrected chi connectivity index (χ2v) is 4.11. The molecule has 1 aromatic rings. The van der Waals surface area contributed by atoms with Gasteiger partial charge in [-0.25, -0.2) is 4.68 Å². The third-order valence-electron chi connectivity index (χ3n) is 3.21. The molecular weight excluding hydrogens is 206 g/mol. The highest BCUT2D eigenvalue weighted by Crippen LogP contribution is 2.22. The summed E-state index contributed by atoms with van der Waals surface area (Å²) < 4.78 is 6.73. The van der Waals surface area contributed by atoms with Crippen LogP contribution in [0.25, 0.3) is 0 Å². The van der Waals surface area contributed by atoms with E-state index in [9.17, 15) is 4.79 Å². The number of rotatable bonds is 2. The molecule has 0 saturated heterocycles. The van der Waals surface area contributed by atoms with Crippen LogP contribution in [0.3, 0.4) is 0 Å². The van der Waals surface area contributed by atoms with E-state index in [0.29, 0.717) is 0 Å². The van der Waals surface area contributed by atoms with Crippen LogP contribution in [-0.4, -0.2) is 28.1 Å². The lowest BCUT2D eigenvalue weighted by molar-refractivity contribution is -0.145. The van der Waals surface area contributed by atoms with Gasteiger partial charge in [0.1, 0.15) is 0 Å². The van der Waals surface area contributed by atoms with Crippen LogP contribution in [0.4, 0.5) is 0 Å². The van der Waals surface area contributed by atoms with Gasteiger partial charge in [0.25, 0.3) is 0 Å². The van der Waals surface area contributed by atoms with Crippen molar-refractivity contribution in [2.45, 2.75) is 39.2 Å². The van der Waals surface area contributed by atoms with Gasteiger partial charge in [-0.3, -0.25) is 4.79 Å². The molecule has 0 amide bonds. The van der Waals surface area contributed by atoms with Crippen LogP contribution in [0.1, 0.15) is 31.2 Å². The molecule has 0 bridgehead atoms. The lowest BCUT2D eigenvalue weighted by Gasteiger charge is -2.09. The van der Waals surface area contributed by atoms with Crippen molar-refractivity contribution in [2.24, 2.45) is 5.92 Å². The Bertz CT molecular complexity index is 387. The molecule has 0 spiro atoms. The minimum absolute atomic E-state index is 0.0106. The van der Waals surface area contributed by atoms with E-state index in [1.165, 1.54) is 12.8 Å². The zero-order valence-electron chi connectivity index (χ0n) is 9.77. The largest absolute Gasteiger partial charge is 0.469 e. The molecule has 5 heteroatoms. The first kappa shape index (κ1) is 11.1. The van der Waals surface area contributed by atoms with Crippen molar-refractivity contribution in [1.29, 1.82) is 0 Å². The zero-order valence-corrected chi connectivity index (χ0v) is 9.77. The minimum atomic E-state index is -0.100. The van der Waals surface area contributed by atoms with Gasteiger partial charge in [0, 0.05) is 6.54 Å². The Morgan fingerprint density at radius 1 is 1.56 bits per heavy atom. The standard InChI is InChI=1S/C11H17N3O2/c1-3-9-10-5-4-8(11(15)16-2)6-7-14(10)13-12-9/h8H,3-7H2,1-2H3/t8-/m1/s1. The molecule has 0 N–H and O–H groups in total. The zero-order chi connectivity index (χ0) is 11.5. The number of nitrogens with zero attached hydrogens (tertiary/aromatic N) is 3. The highest BCUT2D eigenvalue weighted by molar-refractivity contribution is 5.72. The van der Waals surface area contributed by atoms with E-state index in [4.69, 9.17) is 4.74 Å². The first-order valence-electron chi connectivity index (χ1n) is 5.75. The Morgan fingerprint density at radius 3 is 3.06 bits per heavy atom. The first-order valence-corrected chi connectivity index (χ1v) is 5.75. The summed E-state index contributed by atoms with van der Waals surface area (Å²) in [6.45, 7) is 2.84. The molecule has 0 aromatic carbocycles. The monoisotopic (exact) mass is 223 g/mol. The Hall–Kier alpha value is -1.39. The maximum absolute atomic E-state index is 11.5. The number of hydrogen-bond acceptors (Lipinski definition) is 4. The predicted molar refractivity (Wildman–Crippen MR) is 57.8 cm³/mol. The van der Waals surface area contributed by atoms with Crippen LogP contribution < -0.4 is 0 Å². The third-order valence-corrected chi connectivity index (χ3v) is 3.21. The van der Waals surface area contributed by atoms with Gasteiger partial charge in [0.2, 0.25) is 0 Å². The van der Waals surface area contributed by atoms with E-state index in [2.05, 4.69) is 17.2 Å². The van der Waals surface area contributed by atoms with Gasteiger partial charge in [-0.1, -0.05) is 12.1 Å². The summed E-state index contributed by atoms with van der Waals surface area (Å²) in [5.41, 5.74) is 2.25. The number of fused-ring (bicyclic) bond motifs is 1. The van der Waals surface area contributed by atoms with Crippen LogP contribution in [0.2, 0.25) is 0 Å². The summed E-state index contributed by atoms with van der Waals surface area (Å²) in [5.74, 6) is -0.0897. The Morgan fingerprint density at radius 2 is 2.38 bits per heavy atom. The minimum Gasteiger partial charge on any atom is -0.469 e. The molecule has 0 unspecified atom stereocenters. The molecule has 1 aromatic heterocycles. The summed E-state index contributed by atoms with van der Waals surface area (Å²) in [7, 11) is 1.45. The van der Waals surface area contributed by atoms with Crippen molar-refractivity contribution in [1.82, 2.24) is 15.0 Å². The maximum atomic E-state index is 11.5. The molecule has 0 saturated carbocycles. The lowest BCUT2D eigenvalue weighted by atomic mass is 9.99. The first-order chi connectivity index (χ1) is 7.76. The lowest BCUT2D eigenvalue weighted by Crippen LogP contribution is -2.17. The van der Waals surface area contributed by atoms with E-state index < -0.39 is 0 Å². The highest BCUT2D eigenvalue weighted by atomic mass is 16.5. The van der Waals surface area contributed by atoms with E-state index >= 15 is 0 Å². The van der Waals surface area contributed by atoms with Crippen molar-refractivity contribution >= 4 is 5.97 Å². The quantitative estimate of drug-likeness (QED) is 0.701. The average molecular weight is 223 g/mol. The fourth-order valence-electron chi connectivity index (χ4n) is 2.23. The summed E-state index contributed by atoms with van der Waals surface area (Å²) in [4.78, 5) is 11.5. The Kier molecular flexibility index (Phi) is 3.22.